The van der Waals surface area contributed by atoms with Gasteiger partial charge in [-0.2, -0.15) is 4.98 Å². The zero-order valence-electron chi connectivity index (χ0n) is 23.4. The van der Waals surface area contributed by atoms with E-state index in [0.29, 0.717) is 38.4 Å². The van der Waals surface area contributed by atoms with E-state index >= 15 is 0 Å². The smallest absolute Gasteiger partial charge is 0.281 e. The summed E-state index contributed by atoms with van der Waals surface area (Å²) in [6, 6.07) is 14.5. The van der Waals surface area contributed by atoms with Crippen LogP contribution in [-0.4, -0.2) is 65.8 Å². The van der Waals surface area contributed by atoms with Gasteiger partial charge in [0.05, 0.1) is 17.2 Å². The molecule has 2 aromatic heterocycles. The molecule has 2 amide bonds. The normalized spacial score (nSPS) is 20.7. The Balaban J connectivity index is 1.09. The van der Waals surface area contributed by atoms with Crippen LogP contribution in [0.1, 0.15) is 53.7 Å². The Bertz CT molecular complexity index is 1510. The quantitative estimate of drug-likeness (QED) is 0.366. The lowest BCUT2D eigenvalue weighted by atomic mass is 9.74. The Morgan fingerprint density at radius 3 is 2.65 bits per heavy atom. The number of aliphatic hydroxyl groups excluding tert-OH is 1. The molecule has 3 aromatic rings. The SMILES string of the molecule is O=C(N[C@H]1CC[C@H](CN2C(=O)C3(CN(c4cccc(OCCO)n4)C3)c3ccccc32)CC1)c1cc(Cl)cnc1C(F)F. The maximum Gasteiger partial charge on any atom is 0.281 e. The number of rotatable bonds is 9. The number of ether oxygens (including phenoxy) is 1. The minimum absolute atomic E-state index is 0.0843. The van der Waals surface area contributed by atoms with E-state index < -0.39 is 23.4 Å². The van der Waals surface area contributed by atoms with Gasteiger partial charge < -0.3 is 25.0 Å². The number of benzene rings is 1. The van der Waals surface area contributed by atoms with Crippen molar-refractivity contribution in [3.8, 4) is 5.88 Å². The van der Waals surface area contributed by atoms with Crippen molar-refractivity contribution in [1.82, 2.24) is 15.3 Å². The van der Waals surface area contributed by atoms with Crippen LogP contribution in [0.25, 0.3) is 0 Å². The molecule has 4 heterocycles. The van der Waals surface area contributed by atoms with Gasteiger partial charge in [0.1, 0.15) is 23.5 Å². The van der Waals surface area contributed by atoms with Crippen LogP contribution in [0, 0.1) is 5.92 Å². The number of aromatic nitrogens is 2. The average molecular weight is 612 g/mol. The third kappa shape index (κ3) is 5.63. The summed E-state index contributed by atoms with van der Waals surface area (Å²) >= 11 is 5.91. The molecular formula is C31H32ClF2N5O4. The molecule has 0 bridgehead atoms. The van der Waals surface area contributed by atoms with Crippen molar-refractivity contribution in [2.75, 3.05) is 42.6 Å². The molecule has 1 saturated heterocycles. The molecular weight excluding hydrogens is 580 g/mol. The number of pyridine rings is 2. The predicted molar refractivity (Wildman–Crippen MR) is 157 cm³/mol. The minimum Gasteiger partial charge on any atom is -0.475 e. The number of nitrogens with one attached hydrogen (secondary N) is 1. The molecule has 0 atom stereocenters. The number of fused-ring (bicyclic) bond motifs is 2. The lowest BCUT2D eigenvalue weighted by molar-refractivity contribution is -0.124. The molecule has 6 rings (SSSR count). The molecule has 1 aliphatic carbocycles. The van der Waals surface area contributed by atoms with Gasteiger partial charge in [-0.25, -0.2) is 8.78 Å². The summed E-state index contributed by atoms with van der Waals surface area (Å²) in [5, 5.41) is 12.0. The van der Waals surface area contributed by atoms with Gasteiger partial charge in [-0.15, -0.1) is 0 Å². The molecule has 1 spiro atoms. The first-order valence-corrected chi connectivity index (χ1v) is 14.8. The van der Waals surface area contributed by atoms with Crippen LogP contribution in [-0.2, 0) is 10.2 Å². The Kier molecular flexibility index (Phi) is 8.19. The van der Waals surface area contributed by atoms with Crippen LogP contribution in [0.3, 0.4) is 0 Å². The highest BCUT2D eigenvalue weighted by Gasteiger charge is 2.58. The summed E-state index contributed by atoms with van der Waals surface area (Å²) in [5.41, 5.74) is 0.532. The number of para-hydroxylation sites is 1. The van der Waals surface area contributed by atoms with E-state index in [1.54, 1.807) is 6.07 Å². The van der Waals surface area contributed by atoms with Gasteiger partial charge in [0, 0.05) is 43.6 Å². The maximum absolute atomic E-state index is 14.0. The van der Waals surface area contributed by atoms with Crippen molar-refractivity contribution in [3.05, 3.63) is 76.6 Å². The molecule has 9 nitrogen and oxygen atoms in total. The van der Waals surface area contributed by atoms with Gasteiger partial charge in [-0.3, -0.25) is 14.6 Å². The maximum atomic E-state index is 14.0. The zero-order valence-corrected chi connectivity index (χ0v) is 24.1. The number of amides is 2. The van der Waals surface area contributed by atoms with E-state index in [2.05, 4.69) is 20.2 Å². The van der Waals surface area contributed by atoms with Crippen LogP contribution >= 0.6 is 11.6 Å². The second-order valence-corrected chi connectivity index (χ2v) is 11.8. The van der Waals surface area contributed by atoms with Gasteiger partial charge in [0.25, 0.3) is 12.3 Å². The number of halogens is 3. The molecule has 0 radical (unpaired) electrons. The van der Waals surface area contributed by atoms with Gasteiger partial charge in [0.15, 0.2) is 0 Å². The Morgan fingerprint density at radius 2 is 1.91 bits per heavy atom. The first-order chi connectivity index (χ1) is 20.8. The molecule has 12 heteroatoms. The van der Waals surface area contributed by atoms with Crippen molar-refractivity contribution < 1.29 is 28.2 Å². The molecule has 2 aliphatic heterocycles. The number of nitrogens with zero attached hydrogens (tertiary/aromatic N) is 4. The molecule has 0 unspecified atom stereocenters. The molecule has 1 aromatic carbocycles. The second kappa shape index (κ2) is 12.0. The van der Waals surface area contributed by atoms with Gasteiger partial charge in [0.2, 0.25) is 11.8 Å². The number of alkyl halides is 2. The highest BCUT2D eigenvalue weighted by Crippen LogP contribution is 2.49. The molecule has 1 saturated carbocycles. The topological polar surface area (TPSA) is 108 Å². The van der Waals surface area contributed by atoms with Crippen molar-refractivity contribution in [1.29, 1.82) is 0 Å². The largest absolute Gasteiger partial charge is 0.475 e. The molecule has 43 heavy (non-hydrogen) atoms. The van der Waals surface area contributed by atoms with Crippen LogP contribution in [0.2, 0.25) is 5.02 Å². The molecule has 226 valence electrons. The van der Waals surface area contributed by atoms with Crippen molar-refractivity contribution in [3.63, 3.8) is 0 Å². The van der Waals surface area contributed by atoms with Crippen LogP contribution < -0.4 is 19.9 Å². The summed E-state index contributed by atoms with van der Waals surface area (Å²) in [7, 11) is 0. The fraction of sp³-hybridized carbons (Fsp3) is 0.419. The highest BCUT2D eigenvalue weighted by atomic mass is 35.5. The van der Waals surface area contributed by atoms with E-state index in [1.807, 2.05) is 41.3 Å². The van der Waals surface area contributed by atoms with Crippen molar-refractivity contribution in [2.24, 2.45) is 5.92 Å². The number of carbonyl (C=O) groups is 2. The zero-order chi connectivity index (χ0) is 30.1. The van der Waals surface area contributed by atoms with Gasteiger partial charge >= 0.3 is 0 Å². The fourth-order valence-corrected chi connectivity index (χ4v) is 6.64. The number of aliphatic hydroxyl groups is 1. The first-order valence-electron chi connectivity index (χ1n) is 14.4. The first kappa shape index (κ1) is 29.3. The average Bonchev–Trinajstić information content (AvgIpc) is 3.23. The second-order valence-electron chi connectivity index (χ2n) is 11.4. The van der Waals surface area contributed by atoms with Crippen molar-refractivity contribution >= 4 is 34.9 Å². The van der Waals surface area contributed by atoms with Crippen LogP contribution in [0.4, 0.5) is 20.3 Å². The standard InChI is InChI=1S/C31H32ClF2N5O4/c32-20-14-22(27(28(33)34)35-15-20)29(41)36-21-10-8-19(9-11-21)16-39-24-5-2-1-4-23(24)31(30(39)42)17-38(18-31)25-6-3-7-26(37-25)43-13-12-40/h1-7,14-15,19,21,28,40H,8-13,16-18H2,(H,36,41)/t19-,21-. The summed E-state index contributed by atoms with van der Waals surface area (Å²) < 4.78 is 32.2. The lowest BCUT2D eigenvalue weighted by Crippen LogP contribution is -2.64. The summed E-state index contributed by atoms with van der Waals surface area (Å²) in [6.45, 7) is 1.66. The van der Waals surface area contributed by atoms with Crippen molar-refractivity contribution in [2.45, 2.75) is 43.6 Å². The third-order valence-corrected chi connectivity index (χ3v) is 8.83. The third-order valence-electron chi connectivity index (χ3n) is 8.62. The Labute approximate surface area is 252 Å². The van der Waals surface area contributed by atoms with Crippen LogP contribution in [0.15, 0.2) is 54.7 Å². The molecule has 3 aliphatic rings. The number of hydrogen-bond donors (Lipinski definition) is 2. The highest BCUT2D eigenvalue weighted by molar-refractivity contribution is 6.30. The predicted octanol–water partition coefficient (Wildman–Crippen LogP) is 4.53. The molecule has 2 N–H and O–H groups in total. The number of anilines is 2. The van der Waals surface area contributed by atoms with E-state index in [-0.39, 0.29) is 41.7 Å². The summed E-state index contributed by atoms with van der Waals surface area (Å²) in [4.78, 5) is 39.0. The van der Waals surface area contributed by atoms with E-state index in [0.717, 1.165) is 36.1 Å². The van der Waals surface area contributed by atoms with Gasteiger partial charge in [-0.05, 0) is 55.4 Å². The van der Waals surface area contributed by atoms with Gasteiger partial charge in [-0.1, -0.05) is 35.9 Å². The number of hydrogen-bond acceptors (Lipinski definition) is 7. The van der Waals surface area contributed by atoms with E-state index in [4.69, 9.17) is 21.4 Å². The lowest BCUT2D eigenvalue weighted by Gasteiger charge is -2.47. The fourth-order valence-electron chi connectivity index (χ4n) is 6.48. The number of carbonyl (C=O) groups excluding carboxylic acids is 2. The van der Waals surface area contributed by atoms with Crippen LogP contribution in [0.5, 0.6) is 5.88 Å². The monoisotopic (exact) mass is 611 g/mol. The Hall–Kier alpha value is -3.83. The summed E-state index contributed by atoms with van der Waals surface area (Å²) in [5.74, 6) is 0.870. The molecule has 2 fully saturated rings. The van der Waals surface area contributed by atoms with E-state index in [9.17, 15) is 18.4 Å². The summed E-state index contributed by atoms with van der Waals surface area (Å²) in [6.07, 6.45) is 1.16. The minimum atomic E-state index is -2.88. The van der Waals surface area contributed by atoms with E-state index in [1.165, 1.54) is 6.07 Å². The Morgan fingerprint density at radius 1 is 1.14 bits per heavy atom.